The van der Waals surface area contributed by atoms with E-state index in [0.717, 1.165) is 37.5 Å². The zero-order chi connectivity index (χ0) is 12.0. The first-order chi connectivity index (χ1) is 7.71. The Hall–Kier alpha value is -1.22. The van der Waals surface area contributed by atoms with Crippen molar-refractivity contribution in [3.63, 3.8) is 0 Å². The van der Waals surface area contributed by atoms with E-state index >= 15 is 0 Å². The lowest BCUT2D eigenvalue weighted by Crippen LogP contribution is -2.25. The minimum Gasteiger partial charge on any atom is -0.497 e. The maximum Gasteiger partial charge on any atom is 0.119 e. The summed E-state index contributed by atoms with van der Waals surface area (Å²) in [5, 5.41) is 0. The van der Waals surface area contributed by atoms with E-state index in [-0.39, 0.29) is 0 Å². The van der Waals surface area contributed by atoms with Gasteiger partial charge in [-0.25, -0.2) is 0 Å². The van der Waals surface area contributed by atoms with E-state index in [1.807, 2.05) is 18.2 Å². The van der Waals surface area contributed by atoms with Gasteiger partial charge in [-0.05, 0) is 43.3 Å². The minimum atomic E-state index is 0.855. The lowest BCUT2D eigenvalue weighted by Gasteiger charge is -2.18. The zero-order valence-electron chi connectivity index (χ0n) is 10.5. The van der Waals surface area contributed by atoms with E-state index in [9.17, 15) is 0 Å². The lowest BCUT2D eigenvalue weighted by molar-refractivity contribution is 0.308. The van der Waals surface area contributed by atoms with E-state index in [1.165, 1.54) is 5.56 Å². The number of hydrogen-bond donors (Lipinski definition) is 1. The molecule has 0 aliphatic rings. The quantitative estimate of drug-likeness (QED) is 0.750. The second-order valence-electron chi connectivity index (χ2n) is 3.84. The third kappa shape index (κ3) is 3.42. The summed E-state index contributed by atoms with van der Waals surface area (Å²) >= 11 is 0. The first-order valence-corrected chi connectivity index (χ1v) is 5.86. The molecule has 0 atom stereocenters. The molecule has 3 heteroatoms. The Morgan fingerprint density at radius 3 is 2.50 bits per heavy atom. The molecule has 1 rings (SSSR count). The third-order valence-electron chi connectivity index (χ3n) is 2.94. The molecule has 0 fully saturated rings. The highest BCUT2D eigenvalue weighted by atomic mass is 16.5. The SMILES string of the molecule is CCN(CC)CCc1cc(OC)ccc1N. The average molecular weight is 222 g/mol. The highest BCUT2D eigenvalue weighted by molar-refractivity contribution is 5.50. The van der Waals surface area contributed by atoms with Crippen molar-refractivity contribution < 1.29 is 4.74 Å². The number of hydrogen-bond acceptors (Lipinski definition) is 3. The van der Waals surface area contributed by atoms with Gasteiger partial charge in [0.15, 0.2) is 0 Å². The van der Waals surface area contributed by atoms with E-state index in [2.05, 4.69) is 18.7 Å². The number of nitrogen functional groups attached to an aromatic ring is 1. The van der Waals surface area contributed by atoms with Gasteiger partial charge < -0.3 is 15.4 Å². The molecule has 0 saturated heterocycles. The van der Waals surface area contributed by atoms with Crippen LogP contribution in [0.5, 0.6) is 5.75 Å². The van der Waals surface area contributed by atoms with Crippen molar-refractivity contribution in [2.45, 2.75) is 20.3 Å². The predicted octanol–water partition coefficient (Wildman–Crippen LogP) is 2.16. The average Bonchev–Trinajstić information content (AvgIpc) is 2.32. The van der Waals surface area contributed by atoms with Crippen LogP contribution in [0, 0.1) is 0 Å². The van der Waals surface area contributed by atoms with Crippen molar-refractivity contribution in [1.29, 1.82) is 0 Å². The fraction of sp³-hybridized carbons (Fsp3) is 0.538. The summed E-state index contributed by atoms with van der Waals surface area (Å²) < 4.78 is 5.20. The molecule has 90 valence electrons. The minimum absolute atomic E-state index is 0.855. The summed E-state index contributed by atoms with van der Waals surface area (Å²) in [6, 6.07) is 5.84. The van der Waals surface area contributed by atoms with Crippen LogP contribution in [0.15, 0.2) is 18.2 Å². The van der Waals surface area contributed by atoms with Gasteiger partial charge in [-0.15, -0.1) is 0 Å². The number of nitrogens with two attached hydrogens (primary N) is 1. The van der Waals surface area contributed by atoms with Gasteiger partial charge in [0.1, 0.15) is 5.75 Å². The van der Waals surface area contributed by atoms with Gasteiger partial charge >= 0.3 is 0 Å². The molecule has 0 heterocycles. The molecule has 0 bridgehead atoms. The van der Waals surface area contributed by atoms with Crippen molar-refractivity contribution in [3.05, 3.63) is 23.8 Å². The standard InChI is InChI=1S/C13H22N2O/c1-4-15(5-2)9-8-11-10-12(16-3)6-7-13(11)14/h6-7,10H,4-5,8-9,14H2,1-3H3. The number of rotatable bonds is 6. The van der Waals surface area contributed by atoms with Crippen LogP contribution in [0.25, 0.3) is 0 Å². The number of nitrogens with zero attached hydrogens (tertiary/aromatic N) is 1. The van der Waals surface area contributed by atoms with Gasteiger partial charge in [0.25, 0.3) is 0 Å². The summed E-state index contributed by atoms with van der Waals surface area (Å²) in [6.45, 7) is 7.57. The van der Waals surface area contributed by atoms with Crippen LogP contribution < -0.4 is 10.5 Å². The normalized spacial score (nSPS) is 10.8. The topological polar surface area (TPSA) is 38.5 Å². The van der Waals surface area contributed by atoms with Crippen molar-refractivity contribution >= 4 is 5.69 Å². The molecule has 0 aliphatic heterocycles. The molecule has 0 unspecified atom stereocenters. The van der Waals surface area contributed by atoms with Crippen LogP contribution in [0.2, 0.25) is 0 Å². The molecule has 0 radical (unpaired) electrons. The molecule has 1 aromatic carbocycles. The molecule has 16 heavy (non-hydrogen) atoms. The molecule has 3 nitrogen and oxygen atoms in total. The first-order valence-electron chi connectivity index (χ1n) is 5.86. The maximum absolute atomic E-state index is 5.94. The Kier molecular flexibility index (Phi) is 5.12. The van der Waals surface area contributed by atoms with E-state index in [4.69, 9.17) is 10.5 Å². The Morgan fingerprint density at radius 1 is 1.25 bits per heavy atom. The Bertz CT molecular complexity index is 322. The lowest BCUT2D eigenvalue weighted by atomic mass is 10.1. The van der Waals surface area contributed by atoms with Gasteiger partial charge in [0.05, 0.1) is 7.11 Å². The monoisotopic (exact) mass is 222 g/mol. The van der Waals surface area contributed by atoms with Gasteiger partial charge in [0, 0.05) is 12.2 Å². The van der Waals surface area contributed by atoms with Gasteiger partial charge in [-0.1, -0.05) is 13.8 Å². The summed E-state index contributed by atoms with van der Waals surface area (Å²) in [5.41, 5.74) is 7.97. The second kappa shape index (κ2) is 6.38. The van der Waals surface area contributed by atoms with Crippen LogP contribution >= 0.6 is 0 Å². The van der Waals surface area contributed by atoms with E-state index in [1.54, 1.807) is 7.11 Å². The summed E-state index contributed by atoms with van der Waals surface area (Å²) in [6.07, 6.45) is 0.977. The Morgan fingerprint density at radius 2 is 1.94 bits per heavy atom. The maximum atomic E-state index is 5.94. The summed E-state index contributed by atoms with van der Waals surface area (Å²) in [4.78, 5) is 2.39. The molecular weight excluding hydrogens is 200 g/mol. The van der Waals surface area contributed by atoms with Gasteiger partial charge in [-0.3, -0.25) is 0 Å². The molecule has 1 aromatic rings. The fourth-order valence-corrected chi connectivity index (χ4v) is 1.74. The number of methoxy groups -OCH3 is 1. The van der Waals surface area contributed by atoms with Gasteiger partial charge in [-0.2, -0.15) is 0 Å². The first kappa shape index (κ1) is 12.8. The highest BCUT2D eigenvalue weighted by Crippen LogP contribution is 2.20. The van der Waals surface area contributed by atoms with Crippen LogP contribution in [-0.2, 0) is 6.42 Å². The number of ether oxygens (including phenoxy) is 1. The van der Waals surface area contributed by atoms with E-state index in [0.29, 0.717) is 0 Å². The van der Waals surface area contributed by atoms with Crippen molar-refractivity contribution in [2.75, 3.05) is 32.5 Å². The highest BCUT2D eigenvalue weighted by Gasteiger charge is 2.04. The Balaban J connectivity index is 2.65. The molecular formula is C13H22N2O. The van der Waals surface area contributed by atoms with Crippen molar-refractivity contribution in [1.82, 2.24) is 4.90 Å². The molecule has 0 aliphatic carbocycles. The van der Waals surface area contributed by atoms with Crippen LogP contribution in [0.4, 0.5) is 5.69 Å². The van der Waals surface area contributed by atoms with Crippen molar-refractivity contribution in [2.24, 2.45) is 0 Å². The van der Waals surface area contributed by atoms with Crippen LogP contribution in [0.1, 0.15) is 19.4 Å². The molecule has 0 saturated carbocycles. The predicted molar refractivity (Wildman–Crippen MR) is 68.9 cm³/mol. The third-order valence-corrected chi connectivity index (χ3v) is 2.94. The van der Waals surface area contributed by atoms with Crippen LogP contribution in [0.3, 0.4) is 0 Å². The van der Waals surface area contributed by atoms with Crippen molar-refractivity contribution in [3.8, 4) is 5.75 Å². The molecule has 0 spiro atoms. The number of likely N-dealkylation sites (N-methyl/N-ethyl adjacent to an activating group) is 1. The summed E-state index contributed by atoms with van der Waals surface area (Å²) in [5.74, 6) is 0.878. The zero-order valence-corrected chi connectivity index (χ0v) is 10.5. The Labute approximate surface area is 98.2 Å². The largest absolute Gasteiger partial charge is 0.497 e. The molecule has 0 aromatic heterocycles. The molecule has 0 amide bonds. The summed E-state index contributed by atoms with van der Waals surface area (Å²) in [7, 11) is 1.68. The number of anilines is 1. The number of benzene rings is 1. The van der Waals surface area contributed by atoms with Crippen LogP contribution in [-0.4, -0.2) is 31.6 Å². The fourth-order valence-electron chi connectivity index (χ4n) is 1.74. The smallest absolute Gasteiger partial charge is 0.119 e. The van der Waals surface area contributed by atoms with E-state index < -0.39 is 0 Å². The molecule has 2 N–H and O–H groups in total. The van der Waals surface area contributed by atoms with Gasteiger partial charge in [0.2, 0.25) is 0 Å². The second-order valence-corrected chi connectivity index (χ2v) is 3.84.